The second kappa shape index (κ2) is 5.90. The standard InChI is InChI=1S/C12H11FN2O2S.ClH/c13-9-1-5-11(6-2-9)15-18(16,17)12-7-3-10(14)4-8-12;/h1-8,15H,14H2;1H/p-1. The first kappa shape index (κ1) is 15.3. The van der Waals surface area contributed by atoms with Crippen molar-refractivity contribution in [3.63, 3.8) is 0 Å². The van der Waals surface area contributed by atoms with Gasteiger partial charge in [-0.15, -0.1) is 0 Å². The lowest BCUT2D eigenvalue weighted by molar-refractivity contribution is -0.00000666. The first-order valence-corrected chi connectivity index (χ1v) is 6.60. The maximum absolute atomic E-state index is 12.7. The molecular weight excluding hydrogens is 291 g/mol. The fourth-order valence-corrected chi connectivity index (χ4v) is 2.44. The predicted octanol–water partition coefficient (Wildman–Crippen LogP) is -0.787. The summed E-state index contributed by atoms with van der Waals surface area (Å²) < 4.78 is 38.9. The Morgan fingerprint density at radius 2 is 1.47 bits per heavy atom. The molecule has 4 nitrogen and oxygen atoms in total. The molecule has 0 aliphatic heterocycles. The van der Waals surface area contributed by atoms with Crippen LogP contribution in [0.25, 0.3) is 0 Å². The van der Waals surface area contributed by atoms with Crippen molar-refractivity contribution in [1.29, 1.82) is 0 Å². The maximum Gasteiger partial charge on any atom is 0.261 e. The average Bonchev–Trinajstić information content (AvgIpc) is 2.32. The van der Waals surface area contributed by atoms with E-state index in [2.05, 4.69) is 4.72 Å². The molecule has 0 atom stereocenters. The summed E-state index contributed by atoms with van der Waals surface area (Å²) in [7, 11) is -3.67. The molecule has 0 bridgehead atoms. The number of nitrogen functional groups attached to an aromatic ring is 1. The molecule has 19 heavy (non-hydrogen) atoms. The summed E-state index contributed by atoms with van der Waals surface area (Å²) in [5, 5.41) is 0. The Hall–Kier alpha value is -1.79. The molecule has 0 unspecified atom stereocenters. The molecule has 0 amide bonds. The van der Waals surface area contributed by atoms with Crippen LogP contribution in [0.5, 0.6) is 0 Å². The molecule has 0 fully saturated rings. The Morgan fingerprint density at radius 1 is 0.947 bits per heavy atom. The molecule has 102 valence electrons. The summed E-state index contributed by atoms with van der Waals surface area (Å²) in [6.07, 6.45) is 0. The van der Waals surface area contributed by atoms with Gasteiger partial charge in [-0.25, -0.2) is 12.8 Å². The van der Waals surface area contributed by atoms with Gasteiger partial charge >= 0.3 is 0 Å². The molecule has 0 radical (unpaired) electrons. The van der Waals surface area contributed by atoms with Crippen LogP contribution < -0.4 is 22.9 Å². The molecule has 2 aromatic carbocycles. The molecule has 0 heterocycles. The van der Waals surface area contributed by atoms with E-state index in [4.69, 9.17) is 5.73 Å². The highest BCUT2D eigenvalue weighted by molar-refractivity contribution is 7.92. The molecule has 0 aromatic heterocycles. The van der Waals surface area contributed by atoms with Crippen LogP contribution in [0.4, 0.5) is 15.8 Å². The van der Waals surface area contributed by atoms with Crippen molar-refractivity contribution in [2.75, 3.05) is 10.5 Å². The SMILES string of the molecule is Nc1ccc(S(=O)(=O)Nc2ccc(F)cc2)cc1.[Cl-]. The molecule has 0 aliphatic rings. The van der Waals surface area contributed by atoms with Gasteiger partial charge in [0.2, 0.25) is 0 Å². The van der Waals surface area contributed by atoms with Crippen molar-refractivity contribution in [1.82, 2.24) is 0 Å². The first-order chi connectivity index (χ1) is 8.47. The highest BCUT2D eigenvalue weighted by Crippen LogP contribution is 2.17. The lowest BCUT2D eigenvalue weighted by atomic mass is 10.3. The van der Waals surface area contributed by atoms with E-state index in [1.165, 1.54) is 48.5 Å². The third kappa shape index (κ3) is 3.84. The van der Waals surface area contributed by atoms with Gasteiger partial charge in [0, 0.05) is 11.4 Å². The van der Waals surface area contributed by atoms with Gasteiger partial charge in [-0.1, -0.05) is 0 Å². The van der Waals surface area contributed by atoms with Crippen molar-refractivity contribution in [3.05, 3.63) is 54.3 Å². The number of hydrogen-bond donors (Lipinski definition) is 2. The number of sulfonamides is 1. The molecule has 0 aliphatic carbocycles. The van der Waals surface area contributed by atoms with Crippen molar-refractivity contribution < 1.29 is 25.2 Å². The van der Waals surface area contributed by atoms with E-state index in [1.807, 2.05) is 0 Å². The minimum Gasteiger partial charge on any atom is -1.00 e. The van der Waals surface area contributed by atoms with Crippen LogP contribution in [-0.4, -0.2) is 8.42 Å². The van der Waals surface area contributed by atoms with Crippen LogP contribution in [0.3, 0.4) is 0 Å². The molecule has 3 N–H and O–H groups in total. The van der Waals surface area contributed by atoms with Gasteiger partial charge in [0.25, 0.3) is 10.0 Å². The van der Waals surface area contributed by atoms with Gasteiger partial charge in [-0.2, -0.15) is 0 Å². The van der Waals surface area contributed by atoms with Gasteiger partial charge in [-0.3, -0.25) is 4.72 Å². The monoisotopic (exact) mass is 301 g/mol. The third-order valence-corrected chi connectivity index (χ3v) is 3.68. The maximum atomic E-state index is 12.7. The summed E-state index contributed by atoms with van der Waals surface area (Å²) in [6, 6.07) is 10.9. The second-order valence-corrected chi connectivity index (χ2v) is 5.36. The fraction of sp³-hybridized carbons (Fsp3) is 0. The Labute approximate surface area is 116 Å². The Balaban J connectivity index is 0.00000180. The number of benzene rings is 2. The normalized spacial score (nSPS) is 10.6. The van der Waals surface area contributed by atoms with Gasteiger partial charge < -0.3 is 18.1 Å². The van der Waals surface area contributed by atoms with E-state index in [9.17, 15) is 12.8 Å². The van der Waals surface area contributed by atoms with E-state index in [1.54, 1.807) is 0 Å². The predicted molar refractivity (Wildman–Crippen MR) is 68.1 cm³/mol. The smallest absolute Gasteiger partial charge is 0.261 e. The highest BCUT2D eigenvalue weighted by Gasteiger charge is 2.13. The number of hydrogen-bond acceptors (Lipinski definition) is 3. The Bertz CT molecular complexity index is 642. The average molecular weight is 302 g/mol. The second-order valence-electron chi connectivity index (χ2n) is 3.68. The van der Waals surface area contributed by atoms with Crippen LogP contribution in [0.2, 0.25) is 0 Å². The number of anilines is 2. The van der Waals surface area contributed by atoms with Crippen molar-refractivity contribution >= 4 is 21.4 Å². The van der Waals surface area contributed by atoms with E-state index in [0.717, 1.165) is 0 Å². The lowest BCUT2D eigenvalue weighted by Gasteiger charge is -2.08. The van der Waals surface area contributed by atoms with Crippen molar-refractivity contribution in [3.8, 4) is 0 Å². The van der Waals surface area contributed by atoms with Crippen LogP contribution in [-0.2, 0) is 10.0 Å². The summed E-state index contributed by atoms with van der Waals surface area (Å²) in [5.41, 5.74) is 6.26. The topological polar surface area (TPSA) is 72.2 Å². The summed E-state index contributed by atoms with van der Waals surface area (Å²) in [5.74, 6) is -0.426. The molecule has 0 saturated heterocycles. The van der Waals surface area contributed by atoms with E-state index in [-0.39, 0.29) is 17.3 Å². The van der Waals surface area contributed by atoms with Crippen molar-refractivity contribution in [2.24, 2.45) is 0 Å². The van der Waals surface area contributed by atoms with E-state index < -0.39 is 15.8 Å². The van der Waals surface area contributed by atoms with Crippen LogP contribution >= 0.6 is 0 Å². The Kier molecular flexibility index (Phi) is 4.74. The zero-order valence-corrected chi connectivity index (χ0v) is 11.2. The highest BCUT2D eigenvalue weighted by atomic mass is 35.5. The Morgan fingerprint density at radius 3 is 2.00 bits per heavy atom. The number of nitrogens with two attached hydrogens (primary N) is 1. The molecule has 0 saturated carbocycles. The minimum absolute atomic E-state index is 0. The molecule has 2 aromatic rings. The largest absolute Gasteiger partial charge is 1.00 e. The van der Waals surface area contributed by atoms with Crippen LogP contribution in [0, 0.1) is 5.82 Å². The molecule has 7 heteroatoms. The van der Waals surface area contributed by atoms with Gasteiger partial charge in [-0.05, 0) is 48.5 Å². The van der Waals surface area contributed by atoms with Crippen molar-refractivity contribution in [2.45, 2.75) is 4.90 Å². The summed E-state index contributed by atoms with van der Waals surface area (Å²) in [6.45, 7) is 0. The quantitative estimate of drug-likeness (QED) is 0.730. The van der Waals surface area contributed by atoms with E-state index in [0.29, 0.717) is 11.4 Å². The zero-order chi connectivity index (χ0) is 13.2. The molecular formula is C12H11ClFN2O2S-. The van der Waals surface area contributed by atoms with Gasteiger partial charge in [0.1, 0.15) is 5.82 Å². The zero-order valence-electron chi connectivity index (χ0n) is 9.68. The third-order valence-electron chi connectivity index (χ3n) is 2.29. The van der Waals surface area contributed by atoms with Crippen LogP contribution in [0.15, 0.2) is 53.4 Å². The van der Waals surface area contributed by atoms with Gasteiger partial charge in [0.05, 0.1) is 4.90 Å². The minimum atomic E-state index is -3.67. The molecule has 2 rings (SSSR count). The summed E-state index contributed by atoms with van der Waals surface area (Å²) in [4.78, 5) is 0.0982. The van der Waals surface area contributed by atoms with E-state index >= 15 is 0 Å². The number of nitrogens with one attached hydrogen (secondary N) is 1. The number of halogens is 2. The van der Waals surface area contributed by atoms with Crippen LogP contribution in [0.1, 0.15) is 0 Å². The molecule has 0 spiro atoms. The first-order valence-electron chi connectivity index (χ1n) is 5.11. The lowest BCUT2D eigenvalue weighted by Crippen LogP contribution is -3.00. The summed E-state index contributed by atoms with van der Waals surface area (Å²) >= 11 is 0. The number of rotatable bonds is 3. The van der Waals surface area contributed by atoms with Gasteiger partial charge in [0.15, 0.2) is 0 Å². The fourth-order valence-electron chi connectivity index (χ4n) is 1.38.